The molecule has 1 heterocycles. The van der Waals surface area contributed by atoms with Crippen LogP contribution in [0.15, 0.2) is 30.5 Å². The van der Waals surface area contributed by atoms with Crippen LogP contribution in [0.1, 0.15) is 101 Å². The summed E-state index contributed by atoms with van der Waals surface area (Å²) in [7, 11) is 0. The first-order valence-electron chi connectivity index (χ1n) is 13.0. The molecule has 184 valence electrons. The van der Waals surface area contributed by atoms with Gasteiger partial charge in [-0.15, -0.1) is 11.8 Å². The van der Waals surface area contributed by atoms with Crippen LogP contribution in [0.25, 0.3) is 15.8 Å². The fourth-order valence-electron chi connectivity index (χ4n) is 3.58. The third kappa shape index (κ3) is 10.4. The van der Waals surface area contributed by atoms with Gasteiger partial charge in [0.05, 0.1) is 5.52 Å². The summed E-state index contributed by atoms with van der Waals surface area (Å²) in [5.41, 5.74) is 2.28. The molecule has 0 atom stereocenters. The van der Waals surface area contributed by atoms with Crippen molar-refractivity contribution in [1.29, 1.82) is 0 Å². The molecule has 0 saturated heterocycles. The normalized spacial score (nSPS) is 17.7. The Hall–Kier alpha value is -1.55. The van der Waals surface area contributed by atoms with Crippen LogP contribution in [-0.4, -0.2) is 22.3 Å². The number of hydrogen-bond donors (Lipinski definition) is 1. The van der Waals surface area contributed by atoms with Gasteiger partial charge < -0.3 is 5.32 Å². The Bertz CT molecular complexity index is 756. The van der Waals surface area contributed by atoms with Crippen LogP contribution in [0.2, 0.25) is 0 Å². The Balaban J connectivity index is 0. The summed E-state index contributed by atoms with van der Waals surface area (Å²) in [6.07, 6.45) is 10.7. The van der Waals surface area contributed by atoms with Gasteiger partial charge in [0.2, 0.25) is 5.95 Å². The molecule has 1 aromatic carbocycles. The number of aromatic nitrogens is 2. The molecule has 1 aliphatic carbocycles. The molecular weight excluding hydrogens is 410 g/mol. The summed E-state index contributed by atoms with van der Waals surface area (Å²) >= 11 is 1.92. The molecule has 0 spiro atoms. The van der Waals surface area contributed by atoms with Crippen LogP contribution in [0.5, 0.6) is 0 Å². The standard InChI is InChI=1S/C22H31N3S.3C2H6.H2/c1-4-12-26-21(5-2)18-10-11-19-15-24-22(25-20(19)13-18)23-14-17-8-6-16(3)7-9-17;3*1-2;/h5,10-11,13,15-17H,4,6-9,12,14H2,1-3H3,(H,23,24,25);3*1-2H3;1H/b21-5-;;;;. The van der Waals surface area contributed by atoms with E-state index < -0.39 is 0 Å². The molecule has 0 amide bonds. The molecule has 0 radical (unpaired) electrons. The maximum absolute atomic E-state index is 4.77. The number of rotatable bonds is 7. The number of nitrogens with one attached hydrogen (secondary N) is 1. The average molecular weight is 462 g/mol. The topological polar surface area (TPSA) is 37.8 Å². The predicted octanol–water partition coefficient (Wildman–Crippen LogP) is 9.70. The zero-order chi connectivity index (χ0) is 24.4. The number of fused-ring (bicyclic) bond motifs is 1. The molecule has 0 unspecified atom stereocenters. The predicted molar refractivity (Wildman–Crippen MR) is 152 cm³/mol. The first-order chi connectivity index (χ1) is 15.7. The van der Waals surface area contributed by atoms with Crippen LogP contribution >= 0.6 is 11.8 Å². The second kappa shape index (κ2) is 19.0. The highest BCUT2D eigenvalue weighted by molar-refractivity contribution is 8.08. The van der Waals surface area contributed by atoms with E-state index in [2.05, 4.69) is 55.3 Å². The maximum Gasteiger partial charge on any atom is 0.223 e. The number of nitrogens with zero attached hydrogens (tertiary/aromatic N) is 2. The highest BCUT2D eigenvalue weighted by atomic mass is 32.2. The largest absolute Gasteiger partial charge is 0.354 e. The van der Waals surface area contributed by atoms with E-state index in [0.717, 1.165) is 41.0 Å². The van der Waals surface area contributed by atoms with Gasteiger partial charge in [0.25, 0.3) is 0 Å². The summed E-state index contributed by atoms with van der Waals surface area (Å²) < 4.78 is 0. The van der Waals surface area contributed by atoms with E-state index in [1.54, 1.807) is 0 Å². The van der Waals surface area contributed by atoms with E-state index in [1.165, 1.54) is 42.6 Å². The Morgan fingerprint density at radius 3 is 2.34 bits per heavy atom. The summed E-state index contributed by atoms with van der Waals surface area (Å²) in [4.78, 5) is 10.6. The minimum absolute atomic E-state index is 0. The maximum atomic E-state index is 4.77. The second-order valence-electron chi connectivity index (χ2n) is 7.48. The lowest BCUT2D eigenvalue weighted by atomic mass is 9.83. The molecule has 3 rings (SSSR count). The van der Waals surface area contributed by atoms with Gasteiger partial charge in [0, 0.05) is 24.5 Å². The van der Waals surface area contributed by atoms with E-state index >= 15 is 0 Å². The Labute approximate surface area is 204 Å². The van der Waals surface area contributed by atoms with Crippen LogP contribution in [-0.2, 0) is 0 Å². The fraction of sp³-hybridized carbons (Fsp3) is 0.643. The molecule has 1 N–H and O–H groups in total. The minimum Gasteiger partial charge on any atom is -0.354 e. The highest BCUT2D eigenvalue weighted by Crippen LogP contribution is 2.30. The molecular formula is C28H51N3S. The van der Waals surface area contributed by atoms with E-state index in [-0.39, 0.29) is 1.43 Å². The minimum atomic E-state index is 0. The molecule has 2 aromatic rings. The van der Waals surface area contributed by atoms with Crippen molar-refractivity contribution in [2.75, 3.05) is 17.6 Å². The van der Waals surface area contributed by atoms with E-state index in [0.29, 0.717) is 0 Å². The lowest BCUT2D eigenvalue weighted by Gasteiger charge is -2.26. The molecule has 0 bridgehead atoms. The fourth-order valence-corrected chi connectivity index (χ4v) is 4.46. The van der Waals surface area contributed by atoms with Crippen molar-refractivity contribution in [3.05, 3.63) is 36.0 Å². The lowest BCUT2D eigenvalue weighted by molar-refractivity contribution is 0.300. The van der Waals surface area contributed by atoms with Gasteiger partial charge in [0.15, 0.2) is 0 Å². The van der Waals surface area contributed by atoms with Crippen LogP contribution < -0.4 is 5.32 Å². The summed E-state index contributed by atoms with van der Waals surface area (Å²) in [6, 6.07) is 6.51. The first-order valence-corrected chi connectivity index (χ1v) is 14.0. The van der Waals surface area contributed by atoms with Gasteiger partial charge in [0.1, 0.15) is 0 Å². The third-order valence-electron chi connectivity index (χ3n) is 5.28. The number of anilines is 1. The molecule has 1 fully saturated rings. The number of thioether (sulfide) groups is 1. The van der Waals surface area contributed by atoms with Crippen molar-refractivity contribution < 1.29 is 1.43 Å². The first kappa shape index (κ1) is 30.4. The quantitative estimate of drug-likeness (QED) is 0.445. The second-order valence-corrected chi connectivity index (χ2v) is 8.61. The molecule has 1 aliphatic rings. The summed E-state index contributed by atoms with van der Waals surface area (Å²) in [6.45, 7) is 19.7. The molecule has 4 heteroatoms. The van der Waals surface area contributed by atoms with E-state index in [1.807, 2.05) is 59.5 Å². The van der Waals surface area contributed by atoms with Gasteiger partial charge >= 0.3 is 0 Å². The van der Waals surface area contributed by atoms with Crippen molar-refractivity contribution >= 4 is 33.5 Å². The van der Waals surface area contributed by atoms with Crippen molar-refractivity contribution in [1.82, 2.24) is 9.97 Å². The van der Waals surface area contributed by atoms with Crippen LogP contribution in [0.3, 0.4) is 0 Å². The van der Waals surface area contributed by atoms with Crippen molar-refractivity contribution in [2.45, 2.75) is 94.4 Å². The molecule has 3 nitrogen and oxygen atoms in total. The van der Waals surface area contributed by atoms with Crippen molar-refractivity contribution in [3.8, 4) is 0 Å². The van der Waals surface area contributed by atoms with Crippen LogP contribution in [0, 0.1) is 11.8 Å². The van der Waals surface area contributed by atoms with Crippen molar-refractivity contribution in [3.63, 3.8) is 0 Å². The molecule has 0 aliphatic heterocycles. The Morgan fingerprint density at radius 2 is 1.75 bits per heavy atom. The van der Waals surface area contributed by atoms with Crippen molar-refractivity contribution in [2.24, 2.45) is 11.8 Å². The zero-order valence-corrected chi connectivity index (χ0v) is 23.1. The van der Waals surface area contributed by atoms with Gasteiger partial charge in [-0.2, -0.15) is 0 Å². The monoisotopic (exact) mass is 461 g/mol. The lowest BCUT2D eigenvalue weighted by Crippen LogP contribution is -2.20. The smallest absolute Gasteiger partial charge is 0.223 e. The highest BCUT2D eigenvalue weighted by Gasteiger charge is 2.18. The Kier molecular flexibility index (Phi) is 18.0. The van der Waals surface area contributed by atoms with E-state index in [9.17, 15) is 0 Å². The van der Waals surface area contributed by atoms with Gasteiger partial charge in [-0.25, -0.2) is 9.97 Å². The molecule has 1 saturated carbocycles. The van der Waals surface area contributed by atoms with Gasteiger partial charge in [-0.1, -0.05) is 86.4 Å². The van der Waals surface area contributed by atoms with E-state index in [4.69, 9.17) is 4.98 Å². The molecule has 32 heavy (non-hydrogen) atoms. The Morgan fingerprint density at radius 1 is 1.09 bits per heavy atom. The number of hydrogen-bond acceptors (Lipinski definition) is 4. The SMILES string of the molecule is C/C=C(\SCCC)c1ccc2cnc(NCC3CCC(C)CC3)nc2c1.CC.CC.CC.[HH]. The summed E-state index contributed by atoms with van der Waals surface area (Å²) in [5, 5.41) is 4.58. The average Bonchev–Trinajstić information content (AvgIpc) is 2.87. The number of allylic oxidation sites excluding steroid dienone is 1. The van der Waals surface area contributed by atoms with Crippen LogP contribution in [0.4, 0.5) is 5.95 Å². The zero-order valence-electron chi connectivity index (χ0n) is 22.3. The third-order valence-corrected chi connectivity index (χ3v) is 6.67. The molecule has 1 aromatic heterocycles. The number of benzene rings is 1. The summed E-state index contributed by atoms with van der Waals surface area (Å²) in [5.74, 6) is 3.57. The van der Waals surface area contributed by atoms with Gasteiger partial charge in [-0.05, 0) is 55.4 Å². The van der Waals surface area contributed by atoms with Gasteiger partial charge in [-0.3, -0.25) is 0 Å².